The van der Waals surface area contributed by atoms with Gasteiger partial charge in [0.25, 0.3) is 0 Å². The molecule has 2 rings (SSSR count). The average molecular weight is 258 g/mol. The zero-order valence-electron chi connectivity index (χ0n) is 11.8. The van der Waals surface area contributed by atoms with E-state index in [2.05, 4.69) is 45.8 Å². The van der Waals surface area contributed by atoms with Crippen LogP contribution in [0.4, 0.5) is 5.82 Å². The first-order chi connectivity index (χ1) is 9.33. The summed E-state index contributed by atoms with van der Waals surface area (Å²) in [6.45, 7) is 6.07. The summed E-state index contributed by atoms with van der Waals surface area (Å²) in [5.74, 6) is 2.09. The van der Waals surface area contributed by atoms with Crippen LogP contribution in [0.1, 0.15) is 38.2 Å². The van der Waals surface area contributed by atoms with Gasteiger partial charge in [-0.1, -0.05) is 19.9 Å². The molecule has 2 aromatic heterocycles. The van der Waals surface area contributed by atoms with Crippen LogP contribution < -0.4 is 5.32 Å². The Morgan fingerprint density at radius 1 is 1.21 bits per heavy atom. The van der Waals surface area contributed by atoms with E-state index in [0.717, 1.165) is 49.7 Å². The van der Waals surface area contributed by atoms with Gasteiger partial charge in [-0.05, 0) is 25.0 Å². The highest BCUT2D eigenvalue weighted by molar-refractivity contribution is 5.35. The highest BCUT2D eigenvalue weighted by Crippen LogP contribution is 2.09. The second-order valence-corrected chi connectivity index (χ2v) is 4.66. The smallest absolute Gasteiger partial charge is 0.126 e. The third-order valence-corrected chi connectivity index (χ3v) is 2.97. The van der Waals surface area contributed by atoms with Crippen molar-refractivity contribution in [3.8, 4) is 0 Å². The van der Waals surface area contributed by atoms with Gasteiger partial charge in [-0.15, -0.1) is 0 Å². The van der Waals surface area contributed by atoms with Crippen LogP contribution in [0.2, 0.25) is 0 Å². The maximum Gasteiger partial charge on any atom is 0.126 e. The number of nitrogens with one attached hydrogen (secondary N) is 1. The second-order valence-electron chi connectivity index (χ2n) is 4.66. The van der Waals surface area contributed by atoms with Crippen LogP contribution >= 0.6 is 0 Å². The predicted molar refractivity (Wildman–Crippen MR) is 78.3 cm³/mol. The van der Waals surface area contributed by atoms with Crippen LogP contribution in [-0.4, -0.2) is 21.1 Å². The topological polar surface area (TPSA) is 42.7 Å². The number of pyridine rings is 1. The average Bonchev–Trinajstić information content (AvgIpc) is 2.85. The van der Waals surface area contributed by atoms with Gasteiger partial charge in [-0.2, -0.15) is 0 Å². The molecule has 102 valence electrons. The third kappa shape index (κ3) is 3.81. The first-order valence-corrected chi connectivity index (χ1v) is 7.03. The summed E-state index contributed by atoms with van der Waals surface area (Å²) >= 11 is 0. The molecule has 0 unspecified atom stereocenters. The number of nitrogens with zero attached hydrogens (tertiary/aromatic N) is 3. The molecule has 0 fully saturated rings. The van der Waals surface area contributed by atoms with E-state index in [1.165, 1.54) is 0 Å². The Hall–Kier alpha value is -1.84. The summed E-state index contributed by atoms with van der Waals surface area (Å²) in [5, 5.41) is 3.32. The quantitative estimate of drug-likeness (QED) is 0.830. The molecule has 4 heteroatoms. The molecule has 0 spiro atoms. The summed E-state index contributed by atoms with van der Waals surface area (Å²) in [4.78, 5) is 9.02. The maximum atomic E-state index is 4.63. The molecule has 0 aromatic carbocycles. The Bertz CT molecular complexity index is 504. The number of rotatable bonds is 7. The van der Waals surface area contributed by atoms with Crippen molar-refractivity contribution in [2.45, 2.75) is 39.7 Å². The van der Waals surface area contributed by atoms with Gasteiger partial charge in [-0.3, -0.25) is 0 Å². The molecule has 0 amide bonds. The Balaban J connectivity index is 2.07. The summed E-state index contributed by atoms with van der Waals surface area (Å²) in [7, 11) is 0. The minimum absolute atomic E-state index is 0.789. The van der Waals surface area contributed by atoms with Crippen molar-refractivity contribution >= 4 is 5.82 Å². The van der Waals surface area contributed by atoms with E-state index in [1.54, 1.807) is 0 Å². The molecule has 2 aromatic rings. The van der Waals surface area contributed by atoms with Crippen molar-refractivity contribution in [2.24, 2.45) is 0 Å². The van der Waals surface area contributed by atoms with Gasteiger partial charge in [0.1, 0.15) is 11.6 Å². The number of aryl methyl sites for hydroxylation is 1. The molecule has 19 heavy (non-hydrogen) atoms. The predicted octanol–water partition coefficient (Wildman–Crippen LogP) is 3.10. The highest BCUT2D eigenvalue weighted by Gasteiger charge is 2.04. The zero-order chi connectivity index (χ0) is 13.5. The van der Waals surface area contributed by atoms with Crippen LogP contribution in [0.3, 0.4) is 0 Å². The van der Waals surface area contributed by atoms with Crippen LogP contribution in [0.5, 0.6) is 0 Å². The molecule has 2 heterocycles. The molecule has 0 saturated heterocycles. The van der Waals surface area contributed by atoms with Gasteiger partial charge in [0.15, 0.2) is 0 Å². The lowest BCUT2D eigenvalue weighted by Crippen LogP contribution is -2.08. The van der Waals surface area contributed by atoms with E-state index in [-0.39, 0.29) is 0 Å². The number of anilines is 1. The first kappa shape index (κ1) is 13.6. The summed E-state index contributed by atoms with van der Waals surface area (Å²) in [5.41, 5.74) is 1.07. The minimum atomic E-state index is 0.789. The van der Waals surface area contributed by atoms with Gasteiger partial charge in [-0.25, -0.2) is 9.97 Å². The monoisotopic (exact) mass is 258 g/mol. The Kier molecular flexibility index (Phi) is 4.95. The standard InChI is InChI=1S/C15H22N4/c1-3-6-15-17-10-11-19(15)12-13-7-5-8-14(18-13)16-9-4-2/h5,7-8,10-11H,3-4,6,9,12H2,1-2H3,(H,16,18). The molecule has 0 radical (unpaired) electrons. The van der Waals surface area contributed by atoms with Crippen LogP contribution in [-0.2, 0) is 13.0 Å². The Morgan fingerprint density at radius 2 is 2.11 bits per heavy atom. The van der Waals surface area contributed by atoms with Gasteiger partial charge in [0, 0.05) is 25.4 Å². The molecule has 0 aliphatic heterocycles. The van der Waals surface area contributed by atoms with E-state index in [4.69, 9.17) is 0 Å². The van der Waals surface area contributed by atoms with Gasteiger partial charge in [0.05, 0.1) is 12.2 Å². The van der Waals surface area contributed by atoms with Gasteiger partial charge < -0.3 is 9.88 Å². The van der Waals surface area contributed by atoms with Crippen LogP contribution in [0.15, 0.2) is 30.6 Å². The molecule has 1 N–H and O–H groups in total. The van der Waals surface area contributed by atoms with Crippen molar-refractivity contribution in [3.05, 3.63) is 42.1 Å². The van der Waals surface area contributed by atoms with Crippen molar-refractivity contribution in [3.63, 3.8) is 0 Å². The largest absolute Gasteiger partial charge is 0.370 e. The molecule has 0 aliphatic rings. The van der Waals surface area contributed by atoms with E-state index >= 15 is 0 Å². The van der Waals surface area contributed by atoms with Crippen molar-refractivity contribution in [2.75, 3.05) is 11.9 Å². The number of imidazole rings is 1. The molecule has 0 atom stereocenters. The maximum absolute atomic E-state index is 4.63. The van der Waals surface area contributed by atoms with Gasteiger partial charge >= 0.3 is 0 Å². The summed E-state index contributed by atoms with van der Waals surface area (Å²) in [6, 6.07) is 6.13. The van der Waals surface area contributed by atoms with Crippen LogP contribution in [0, 0.1) is 0 Å². The molecular weight excluding hydrogens is 236 g/mol. The van der Waals surface area contributed by atoms with E-state index < -0.39 is 0 Å². The SMILES string of the molecule is CCCNc1cccc(Cn2ccnc2CCC)n1. The van der Waals surface area contributed by atoms with Crippen molar-refractivity contribution in [1.82, 2.24) is 14.5 Å². The normalized spacial score (nSPS) is 10.6. The van der Waals surface area contributed by atoms with Gasteiger partial charge in [0.2, 0.25) is 0 Å². The lowest BCUT2D eigenvalue weighted by molar-refractivity contribution is 0.693. The van der Waals surface area contributed by atoms with E-state index in [0.29, 0.717) is 0 Å². The fraction of sp³-hybridized carbons (Fsp3) is 0.467. The molecule has 4 nitrogen and oxygen atoms in total. The molecular formula is C15H22N4. The van der Waals surface area contributed by atoms with E-state index in [1.807, 2.05) is 18.5 Å². The third-order valence-electron chi connectivity index (χ3n) is 2.97. The molecule has 0 aliphatic carbocycles. The zero-order valence-corrected chi connectivity index (χ0v) is 11.8. The molecule has 0 bridgehead atoms. The fourth-order valence-electron chi connectivity index (χ4n) is 2.03. The molecule has 0 saturated carbocycles. The number of hydrogen-bond acceptors (Lipinski definition) is 3. The Labute approximate surface area is 114 Å². The number of aromatic nitrogens is 3. The minimum Gasteiger partial charge on any atom is -0.370 e. The van der Waals surface area contributed by atoms with E-state index in [9.17, 15) is 0 Å². The second kappa shape index (κ2) is 6.92. The summed E-state index contributed by atoms with van der Waals surface area (Å²) < 4.78 is 2.18. The lowest BCUT2D eigenvalue weighted by Gasteiger charge is -2.09. The number of hydrogen-bond donors (Lipinski definition) is 1. The van der Waals surface area contributed by atoms with Crippen molar-refractivity contribution < 1.29 is 0 Å². The Morgan fingerprint density at radius 3 is 2.89 bits per heavy atom. The first-order valence-electron chi connectivity index (χ1n) is 7.03. The highest BCUT2D eigenvalue weighted by atomic mass is 15.1. The fourth-order valence-corrected chi connectivity index (χ4v) is 2.03. The lowest BCUT2D eigenvalue weighted by atomic mass is 10.3. The van der Waals surface area contributed by atoms with Crippen molar-refractivity contribution in [1.29, 1.82) is 0 Å². The summed E-state index contributed by atoms with van der Waals surface area (Å²) in [6.07, 6.45) is 7.13. The van der Waals surface area contributed by atoms with Crippen LogP contribution in [0.25, 0.3) is 0 Å².